The van der Waals surface area contributed by atoms with Gasteiger partial charge in [0, 0.05) is 0 Å². The number of carbonyl (C=O) groups is 1. The Morgan fingerprint density at radius 3 is 2.40 bits per heavy atom. The molecule has 0 fully saturated rings. The molecule has 0 saturated heterocycles. The predicted octanol–water partition coefficient (Wildman–Crippen LogP) is 4.21. The molecule has 0 saturated carbocycles. The topological polar surface area (TPSA) is 17.1 Å². The van der Waals surface area contributed by atoms with Crippen molar-refractivity contribution in [2.24, 2.45) is 5.92 Å². The summed E-state index contributed by atoms with van der Waals surface area (Å²) in [4.78, 5) is 11.2. The molecule has 0 unspecified atom stereocenters. The molecule has 0 aromatic rings. The van der Waals surface area contributed by atoms with Crippen LogP contribution in [0.3, 0.4) is 0 Å². The summed E-state index contributed by atoms with van der Waals surface area (Å²) in [6.07, 6.45) is 6.93. The molecule has 0 radical (unpaired) electrons. The molecule has 90 valence electrons. The third-order valence-electron chi connectivity index (χ3n) is 2.70. The van der Waals surface area contributed by atoms with Crippen molar-refractivity contribution in [3.63, 3.8) is 0 Å². The van der Waals surface area contributed by atoms with E-state index >= 15 is 0 Å². The standard InChI is InChI=1S/C12H23FOS/c1-4-5-6-7-8-9-11(13)10(2)12(14)15-3/h10-11H,4-9H2,1-3H3/t10-,11-/m0/s1. The zero-order valence-corrected chi connectivity index (χ0v) is 10.9. The van der Waals surface area contributed by atoms with Crippen LogP contribution < -0.4 is 0 Å². The van der Waals surface area contributed by atoms with Gasteiger partial charge in [0.25, 0.3) is 0 Å². The molecule has 3 heteroatoms. The van der Waals surface area contributed by atoms with Crippen LogP contribution in [0.25, 0.3) is 0 Å². The highest BCUT2D eigenvalue weighted by atomic mass is 32.2. The second-order valence-corrected chi connectivity index (χ2v) is 4.84. The molecule has 0 N–H and O–H groups in total. The average molecular weight is 234 g/mol. The van der Waals surface area contributed by atoms with Gasteiger partial charge in [-0.1, -0.05) is 57.7 Å². The molecule has 0 aromatic carbocycles. The lowest BCUT2D eigenvalue weighted by Gasteiger charge is -2.13. The van der Waals surface area contributed by atoms with Gasteiger partial charge in [0.15, 0.2) is 5.12 Å². The first-order valence-corrected chi connectivity index (χ1v) is 7.07. The van der Waals surface area contributed by atoms with Gasteiger partial charge in [0.1, 0.15) is 6.17 Å². The number of thioether (sulfide) groups is 1. The van der Waals surface area contributed by atoms with E-state index in [1.54, 1.807) is 13.2 Å². The van der Waals surface area contributed by atoms with Crippen LogP contribution >= 0.6 is 11.8 Å². The molecule has 0 aliphatic heterocycles. The van der Waals surface area contributed by atoms with Crippen molar-refractivity contribution < 1.29 is 9.18 Å². The Morgan fingerprint density at radius 2 is 1.87 bits per heavy atom. The number of halogens is 1. The summed E-state index contributed by atoms with van der Waals surface area (Å²) in [7, 11) is 0. The molecule has 0 aliphatic rings. The van der Waals surface area contributed by atoms with Crippen molar-refractivity contribution in [1.29, 1.82) is 0 Å². The molecular formula is C12H23FOS. The third-order valence-corrected chi connectivity index (χ3v) is 3.47. The van der Waals surface area contributed by atoms with Crippen LogP contribution in [0.2, 0.25) is 0 Å². The van der Waals surface area contributed by atoms with Gasteiger partial charge in [0.2, 0.25) is 0 Å². The van der Waals surface area contributed by atoms with E-state index < -0.39 is 12.1 Å². The summed E-state index contributed by atoms with van der Waals surface area (Å²) in [6.45, 7) is 3.85. The Hall–Kier alpha value is -0.0500. The van der Waals surface area contributed by atoms with Gasteiger partial charge < -0.3 is 0 Å². The first-order valence-electron chi connectivity index (χ1n) is 5.85. The van der Waals surface area contributed by atoms with Gasteiger partial charge in [-0.05, 0) is 12.7 Å². The van der Waals surface area contributed by atoms with Crippen LogP contribution in [0.15, 0.2) is 0 Å². The second kappa shape index (κ2) is 9.20. The first kappa shape index (κ1) is 14.9. The number of hydrogen-bond donors (Lipinski definition) is 0. The van der Waals surface area contributed by atoms with E-state index in [1.807, 2.05) is 0 Å². The first-order chi connectivity index (χ1) is 7.13. The fourth-order valence-electron chi connectivity index (χ4n) is 1.53. The summed E-state index contributed by atoms with van der Waals surface area (Å²) in [5.41, 5.74) is 0. The monoisotopic (exact) mass is 234 g/mol. The Labute approximate surface area is 97.2 Å². The highest BCUT2D eigenvalue weighted by Gasteiger charge is 2.22. The summed E-state index contributed by atoms with van der Waals surface area (Å²) >= 11 is 1.13. The minimum absolute atomic E-state index is 0.0314. The van der Waals surface area contributed by atoms with E-state index in [9.17, 15) is 9.18 Å². The number of rotatable bonds is 8. The van der Waals surface area contributed by atoms with Crippen molar-refractivity contribution in [2.45, 2.75) is 58.5 Å². The van der Waals surface area contributed by atoms with Gasteiger partial charge in [-0.2, -0.15) is 0 Å². The number of unbranched alkanes of at least 4 members (excludes halogenated alkanes) is 4. The number of carbonyl (C=O) groups excluding carboxylic acids is 1. The van der Waals surface area contributed by atoms with Crippen LogP contribution in [0.1, 0.15) is 52.4 Å². The van der Waals surface area contributed by atoms with Crippen LogP contribution in [0.4, 0.5) is 4.39 Å². The van der Waals surface area contributed by atoms with Crippen molar-refractivity contribution in [3.8, 4) is 0 Å². The lowest BCUT2D eigenvalue weighted by Crippen LogP contribution is -2.19. The van der Waals surface area contributed by atoms with Gasteiger partial charge in [-0.3, -0.25) is 4.79 Å². The second-order valence-electron chi connectivity index (χ2n) is 4.03. The van der Waals surface area contributed by atoms with Crippen LogP contribution in [0.5, 0.6) is 0 Å². The Balaban J connectivity index is 3.55. The molecule has 1 nitrogen and oxygen atoms in total. The number of hydrogen-bond acceptors (Lipinski definition) is 2. The maximum Gasteiger partial charge on any atom is 0.194 e. The van der Waals surface area contributed by atoms with Crippen LogP contribution in [-0.2, 0) is 4.79 Å². The summed E-state index contributed by atoms with van der Waals surface area (Å²) < 4.78 is 13.5. The van der Waals surface area contributed by atoms with E-state index in [0.717, 1.165) is 24.6 Å². The third kappa shape index (κ3) is 6.93. The van der Waals surface area contributed by atoms with E-state index in [2.05, 4.69) is 6.92 Å². The van der Waals surface area contributed by atoms with E-state index in [0.29, 0.717) is 6.42 Å². The molecule has 0 rings (SSSR count). The molecule has 15 heavy (non-hydrogen) atoms. The zero-order valence-electron chi connectivity index (χ0n) is 10.1. The van der Waals surface area contributed by atoms with Crippen molar-refractivity contribution >= 4 is 16.9 Å². The molecule has 0 amide bonds. The minimum atomic E-state index is -0.952. The molecule has 0 aromatic heterocycles. The Bertz CT molecular complexity index is 173. The Kier molecular flexibility index (Phi) is 9.17. The predicted molar refractivity (Wildman–Crippen MR) is 66.0 cm³/mol. The van der Waals surface area contributed by atoms with Crippen LogP contribution in [-0.4, -0.2) is 17.5 Å². The molecule has 2 atom stereocenters. The summed E-state index contributed by atoms with van der Waals surface area (Å²) in [5, 5.41) is -0.0314. The van der Waals surface area contributed by atoms with E-state index in [1.165, 1.54) is 19.3 Å². The van der Waals surface area contributed by atoms with Gasteiger partial charge in [-0.25, -0.2) is 4.39 Å². The molecule has 0 spiro atoms. The van der Waals surface area contributed by atoms with Gasteiger partial charge >= 0.3 is 0 Å². The smallest absolute Gasteiger partial charge is 0.194 e. The highest BCUT2D eigenvalue weighted by molar-refractivity contribution is 8.13. The van der Waals surface area contributed by atoms with Crippen LogP contribution in [0, 0.1) is 5.92 Å². The summed E-state index contributed by atoms with van der Waals surface area (Å²) in [6, 6.07) is 0. The highest BCUT2D eigenvalue weighted by Crippen LogP contribution is 2.20. The summed E-state index contributed by atoms with van der Waals surface area (Å²) in [5.74, 6) is -0.439. The largest absolute Gasteiger partial charge is 0.287 e. The molecular weight excluding hydrogens is 211 g/mol. The van der Waals surface area contributed by atoms with Crippen molar-refractivity contribution in [3.05, 3.63) is 0 Å². The Morgan fingerprint density at radius 1 is 1.27 bits per heavy atom. The molecule has 0 bridgehead atoms. The normalized spacial score (nSPS) is 14.9. The number of alkyl halides is 1. The maximum atomic E-state index is 13.5. The SMILES string of the molecule is CCCCCCC[C@H](F)[C@H](C)C(=O)SC. The zero-order chi connectivity index (χ0) is 11.7. The lowest BCUT2D eigenvalue weighted by molar-refractivity contribution is -0.115. The van der Waals surface area contributed by atoms with Crippen molar-refractivity contribution in [1.82, 2.24) is 0 Å². The van der Waals surface area contributed by atoms with E-state index in [-0.39, 0.29) is 5.12 Å². The fourth-order valence-corrected chi connectivity index (χ4v) is 2.05. The minimum Gasteiger partial charge on any atom is -0.287 e. The molecule has 0 heterocycles. The van der Waals surface area contributed by atoms with Crippen molar-refractivity contribution in [2.75, 3.05) is 6.26 Å². The average Bonchev–Trinajstić information content (AvgIpc) is 2.26. The fraction of sp³-hybridized carbons (Fsp3) is 0.917. The van der Waals surface area contributed by atoms with Gasteiger partial charge in [-0.15, -0.1) is 0 Å². The maximum absolute atomic E-state index is 13.5. The quantitative estimate of drug-likeness (QED) is 0.585. The van der Waals surface area contributed by atoms with Gasteiger partial charge in [0.05, 0.1) is 5.92 Å². The molecule has 0 aliphatic carbocycles. The lowest BCUT2D eigenvalue weighted by atomic mass is 10.0. The van der Waals surface area contributed by atoms with E-state index in [4.69, 9.17) is 0 Å².